The molecule has 2 aliphatic rings. The number of benzene rings is 1. The van der Waals surface area contributed by atoms with Crippen molar-refractivity contribution in [2.45, 2.75) is 26.7 Å². The summed E-state index contributed by atoms with van der Waals surface area (Å²) in [5.41, 5.74) is 3.02. The standard InChI is InChI=1S/C21H27N5O/c1-16-6-5-7-18(14-16)24-10-12-26(13-11-24)21(27)19-15-20(23-17(2)22-19)25-8-3-4-9-25/h5-7,14-15H,3-4,8-13H2,1-2H3. The third-order valence-electron chi connectivity index (χ3n) is 5.41. The van der Waals surface area contributed by atoms with Crippen molar-refractivity contribution in [2.75, 3.05) is 49.1 Å². The van der Waals surface area contributed by atoms with E-state index in [2.05, 4.69) is 51.0 Å². The van der Waals surface area contributed by atoms with Gasteiger partial charge in [-0.3, -0.25) is 4.79 Å². The van der Waals surface area contributed by atoms with Crippen LogP contribution < -0.4 is 9.80 Å². The summed E-state index contributed by atoms with van der Waals surface area (Å²) in [7, 11) is 0. The summed E-state index contributed by atoms with van der Waals surface area (Å²) in [5, 5.41) is 0. The van der Waals surface area contributed by atoms with E-state index in [9.17, 15) is 4.79 Å². The van der Waals surface area contributed by atoms with Gasteiger partial charge in [-0.15, -0.1) is 0 Å². The van der Waals surface area contributed by atoms with Gasteiger partial charge in [0.2, 0.25) is 0 Å². The SMILES string of the molecule is Cc1cccc(N2CCN(C(=O)c3cc(N4CCCC4)nc(C)n3)CC2)c1. The lowest BCUT2D eigenvalue weighted by Crippen LogP contribution is -2.49. The molecule has 142 valence electrons. The maximum absolute atomic E-state index is 13.0. The van der Waals surface area contributed by atoms with Crippen LogP contribution in [0.15, 0.2) is 30.3 Å². The van der Waals surface area contributed by atoms with Crippen LogP contribution in [0.2, 0.25) is 0 Å². The van der Waals surface area contributed by atoms with Crippen LogP contribution in [-0.2, 0) is 0 Å². The van der Waals surface area contributed by atoms with Crippen LogP contribution in [0.4, 0.5) is 11.5 Å². The van der Waals surface area contributed by atoms with E-state index < -0.39 is 0 Å². The summed E-state index contributed by atoms with van der Waals surface area (Å²) in [6.45, 7) is 9.13. The molecule has 4 rings (SSSR count). The zero-order valence-electron chi connectivity index (χ0n) is 16.2. The number of carbonyl (C=O) groups is 1. The number of aromatic nitrogens is 2. The molecule has 0 unspecified atom stereocenters. The Balaban J connectivity index is 1.45. The summed E-state index contributed by atoms with van der Waals surface area (Å²) >= 11 is 0. The number of amides is 1. The first kappa shape index (κ1) is 17.8. The van der Waals surface area contributed by atoms with Crippen molar-refractivity contribution in [1.82, 2.24) is 14.9 Å². The van der Waals surface area contributed by atoms with E-state index >= 15 is 0 Å². The topological polar surface area (TPSA) is 52.6 Å². The second-order valence-corrected chi connectivity index (χ2v) is 7.47. The molecule has 6 nitrogen and oxygen atoms in total. The van der Waals surface area contributed by atoms with E-state index in [1.165, 1.54) is 24.1 Å². The molecule has 2 fully saturated rings. The lowest BCUT2D eigenvalue weighted by Gasteiger charge is -2.36. The minimum Gasteiger partial charge on any atom is -0.368 e. The number of hydrogen-bond donors (Lipinski definition) is 0. The number of hydrogen-bond acceptors (Lipinski definition) is 5. The first-order valence-electron chi connectivity index (χ1n) is 9.82. The van der Waals surface area contributed by atoms with E-state index in [1.54, 1.807) is 0 Å². The fourth-order valence-corrected chi connectivity index (χ4v) is 3.92. The highest BCUT2D eigenvalue weighted by Gasteiger charge is 2.25. The minimum atomic E-state index is 0.0184. The van der Waals surface area contributed by atoms with Crippen molar-refractivity contribution in [3.63, 3.8) is 0 Å². The van der Waals surface area contributed by atoms with E-state index in [0.717, 1.165) is 45.1 Å². The second kappa shape index (κ2) is 7.55. The van der Waals surface area contributed by atoms with Crippen LogP contribution in [0.1, 0.15) is 34.7 Å². The van der Waals surface area contributed by atoms with Crippen LogP contribution in [0.25, 0.3) is 0 Å². The third kappa shape index (κ3) is 3.89. The summed E-state index contributed by atoms with van der Waals surface area (Å²) in [6, 6.07) is 10.4. The molecule has 2 saturated heterocycles. The van der Waals surface area contributed by atoms with Gasteiger partial charge in [0.1, 0.15) is 17.3 Å². The largest absolute Gasteiger partial charge is 0.368 e. The van der Waals surface area contributed by atoms with Crippen LogP contribution in [0.5, 0.6) is 0 Å². The molecule has 1 aromatic carbocycles. The molecule has 6 heteroatoms. The number of aryl methyl sites for hydroxylation is 2. The first-order chi connectivity index (χ1) is 13.1. The molecule has 1 amide bonds. The maximum atomic E-state index is 13.0. The number of piperazine rings is 1. The van der Waals surface area contributed by atoms with E-state index in [1.807, 2.05) is 17.9 Å². The predicted molar refractivity (Wildman–Crippen MR) is 108 cm³/mol. The van der Waals surface area contributed by atoms with Gasteiger partial charge in [0.05, 0.1) is 0 Å². The molecule has 0 atom stereocenters. The van der Waals surface area contributed by atoms with Gasteiger partial charge in [-0.2, -0.15) is 0 Å². The van der Waals surface area contributed by atoms with E-state index in [-0.39, 0.29) is 5.91 Å². The molecule has 0 aliphatic carbocycles. The van der Waals surface area contributed by atoms with E-state index in [4.69, 9.17) is 0 Å². The quantitative estimate of drug-likeness (QED) is 0.837. The van der Waals surface area contributed by atoms with Crippen LogP contribution in [-0.4, -0.2) is 60.0 Å². The van der Waals surface area contributed by atoms with Crippen molar-refractivity contribution >= 4 is 17.4 Å². The van der Waals surface area contributed by atoms with Gasteiger partial charge in [-0.25, -0.2) is 9.97 Å². The minimum absolute atomic E-state index is 0.0184. The highest BCUT2D eigenvalue weighted by molar-refractivity contribution is 5.93. The molecule has 1 aromatic heterocycles. The van der Waals surface area contributed by atoms with Gasteiger partial charge in [-0.05, 0) is 44.4 Å². The molecule has 2 aromatic rings. The Hall–Kier alpha value is -2.63. The zero-order chi connectivity index (χ0) is 18.8. The highest BCUT2D eigenvalue weighted by Crippen LogP contribution is 2.21. The predicted octanol–water partition coefficient (Wildman–Crippen LogP) is 2.66. The summed E-state index contributed by atoms with van der Waals surface area (Å²) in [6.07, 6.45) is 2.38. The van der Waals surface area contributed by atoms with E-state index in [0.29, 0.717) is 11.5 Å². The monoisotopic (exact) mass is 365 g/mol. The molecular weight excluding hydrogens is 338 g/mol. The molecule has 2 aliphatic heterocycles. The zero-order valence-corrected chi connectivity index (χ0v) is 16.2. The average Bonchev–Trinajstić information content (AvgIpc) is 3.22. The van der Waals surface area contributed by atoms with Gasteiger partial charge in [0, 0.05) is 51.0 Å². The Kier molecular flexibility index (Phi) is 4.97. The van der Waals surface area contributed by atoms with Gasteiger partial charge in [-0.1, -0.05) is 12.1 Å². The van der Waals surface area contributed by atoms with Crippen molar-refractivity contribution in [1.29, 1.82) is 0 Å². The summed E-state index contributed by atoms with van der Waals surface area (Å²) in [4.78, 5) is 28.5. The van der Waals surface area contributed by atoms with Gasteiger partial charge in [0.25, 0.3) is 5.91 Å². The normalized spacial score (nSPS) is 17.5. The molecule has 0 saturated carbocycles. The molecule has 3 heterocycles. The van der Waals surface area contributed by atoms with Gasteiger partial charge >= 0.3 is 0 Å². The van der Waals surface area contributed by atoms with Gasteiger partial charge < -0.3 is 14.7 Å². The average molecular weight is 365 g/mol. The molecule has 0 spiro atoms. The second-order valence-electron chi connectivity index (χ2n) is 7.47. The number of carbonyl (C=O) groups excluding carboxylic acids is 1. The Morgan fingerprint density at radius 3 is 2.33 bits per heavy atom. The highest BCUT2D eigenvalue weighted by atomic mass is 16.2. The fraction of sp³-hybridized carbons (Fsp3) is 0.476. The molecule has 0 N–H and O–H groups in total. The van der Waals surface area contributed by atoms with Crippen molar-refractivity contribution in [3.05, 3.63) is 47.4 Å². The van der Waals surface area contributed by atoms with Crippen LogP contribution in [0, 0.1) is 13.8 Å². The number of rotatable bonds is 3. The van der Waals surface area contributed by atoms with Gasteiger partial charge in [0.15, 0.2) is 0 Å². The summed E-state index contributed by atoms with van der Waals surface area (Å²) in [5.74, 6) is 1.58. The van der Waals surface area contributed by atoms with Crippen molar-refractivity contribution < 1.29 is 4.79 Å². The lowest BCUT2D eigenvalue weighted by atomic mass is 10.2. The first-order valence-corrected chi connectivity index (χ1v) is 9.82. The Labute approximate surface area is 160 Å². The smallest absolute Gasteiger partial charge is 0.272 e. The maximum Gasteiger partial charge on any atom is 0.272 e. The Bertz CT molecular complexity index is 823. The van der Waals surface area contributed by atoms with Crippen molar-refractivity contribution in [3.8, 4) is 0 Å². The Morgan fingerprint density at radius 1 is 0.889 bits per heavy atom. The molecule has 0 radical (unpaired) electrons. The van der Waals surface area contributed by atoms with Crippen molar-refractivity contribution in [2.24, 2.45) is 0 Å². The molecule has 27 heavy (non-hydrogen) atoms. The van der Waals surface area contributed by atoms with Crippen LogP contribution >= 0.6 is 0 Å². The number of anilines is 2. The van der Waals surface area contributed by atoms with Crippen LogP contribution in [0.3, 0.4) is 0 Å². The Morgan fingerprint density at radius 2 is 1.63 bits per heavy atom. The molecule has 0 bridgehead atoms. The lowest BCUT2D eigenvalue weighted by molar-refractivity contribution is 0.0740. The summed E-state index contributed by atoms with van der Waals surface area (Å²) < 4.78 is 0. The number of nitrogens with zero attached hydrogens (tertiary/aromatic N) is 5. The third-order valence-corrected chi connectivity index (χ3v) is 5.41. The fourth-order valence-electron chi connectivity index (χ4n) is 3.92. The molecular formula is C21H27N5O.